The number of amides is 1. The van der Waals surface area contributed by atoms with Gasteiger partial charge in [-0.05, 0) is 68.0 Å². The first-order valence-corrected chi connectivity index (χ1v) is 16.4. The molecule has 0 unspecified atom stereocenters. The molecule has 0 atom stereocenters. The number of benzene rings is 1. The zero-order valence-corrected chi connectivity index (χ0v) is 27.2. The molecule has 1 fully saturated rings. The van der Waals surface area contributed by atoms with Crippen molar-refractivity contribution < 1.29 is 23.1 Å². The second-order valence-electron chi connectivity index (χ2n) is 12.0. The highest BCUT2D eigenvalue weighted by Gasteiger charge is 2.31. The van der Waals surface area contributed by atoms with E-state index in [9.17, 15) is 27.9 Å². The Morgan fingerprint density at radius 1 is 1.10 bits per heavy atom. The van der Waals surface area contributed by atoms with E-state index >= 15 is 0 Å². The normalized spacial score (nSPS) is 16.2. The Kier molecular flexibility index (Phi) is 9.74. The molecule has 11 nitrogen and oxygen atoms in total. The van der Waals surface area contributed by atoms with Crippen molar-refractivity contribution in [3.8, 4) is 5.75 Å². The molecule has 15 heteroatoms. The van der Waals surface area contributed by atoms with Crippen LogP contribution in [-0.2, 0) is 30.5 Å². The van der Waals surface area contributed by atoms with Crippen LogP contribution in [-0.4, -0.2) is 66.2 Å². The number of carbonyl (C=O) groups excluding carboxylic acids is 1. The van der Waals surface area contributed by atoms with Crippen molar-refractivity contribution in [3.63, 3.8) is 0 Å². The standard InChI is InChI=1S/C33H36ClF3N8O3/c1-2-26-29(43-16-14-42(15-17-43)19-25-27(46)10-7-13-38-25)31(48)45-32(40-30(41-45)21-8-5-3-4-6-9-21)44(26)20-28(47)39-24-12-11-22(18-23(24)34)33(35,36)37/h7-8,10-13,18,46H,2-6,9,14-17,19-20H2,1H3,(H,39,47). The van der Waals surface area contributed by atoms with Crippen molar-refractivity contribution in [2.45, 2.75) is 64.7 Å². The van der Waals surface area contributed by atoms with Gasteiger partial charge in [-0.3, -0.25) is 19.5 Å². The number of hydrogen-bond acceptors (Lipinski definition) is 8. The maximum Gasteiger partial charge on any atom is 0.416 e. The van der Waals surface area contributed by atoms with E-state index in [1.165, 1.54) is 4.52 Å². The van der Waals surface area contributed by atoms with Gasteiger partial charge in [0.2, 0.25) is 11.7 Å². The molecule has 1 aromatic carbocycles. The highest BCUT2D eigenvalue weighted by Crippen LogP contribution is 2.34. The lowest BCUT2D eigenvalue weighted by atomic mass is 10.1. The quantitative estimate of drug-likeness (QED) is 0.249. The second-order valence-corrected chi connectivity index (χ2v) is 12.4. The fourth-order valence-electron chi connectivity index (χ4n) is 6.30. The molecule has 1 aliphatic heterocycles. The predicted octanol–water partition coefficient (Wildman–Crippen LogP) is 5.53. The molecule has 0 spiro atoms. The fourth-order valence-corrected chi connectivity index (χ4v) is 6.53. The summed E-state index contributed by atoms with van der Waals surface area (Å²) < 4.78 is 42.5. The summed E-state index contributed by atoms with van der Waals surface area (Å²) in [7, 11) is 0. The molecule has 0 bridgehead atoms. The summed E-state index contributed by atoms with van der Waals surface area (Å²) in [6.07, 6.45) is 4.35. The van der Waals surface area contributed by atoms with Crippen molar-refractivity contribution in [1.29, 1.82) is 0 Å². The smallest absolute Gasteiger partial charge is 0.416 e. The number of anilines is 2. The lowest BCUT2D eigenvalue weighted by Crippen LogP contribution is -2.48. The molecule has 4 heterocycles. The Morgan fingerprint density at radius 3 is 2.60 bits per heavy atom. The minimum Gasteiger partial charge on any atom is -0.506 e. The van der Waals surface area contributed by atoms with Crippen molar-refractivity contribution >= 4 is 40.2 Å². The number of aromatic hydroxyl groups is 1. The SMILES string of the molecule is CCc1c(N2CCN(Cc3ncccc3O)CC2)c(=O)n2nc(C3=CCCCCC3)nc2n1CC(=O)Nc1ccc(C(F)(F)F)cc1Cl. The zero-order valence-electron chi connectivity index (χ0n) is 26.4. The molecule has 2 N–H and O–H groups in total. The summed E-state index contributed by atoms with van der Waals surface area (Å²) in [5.41, 5.74) is 1.30. The van der Waals surface area contributed by atoms with Gasteiger partial charge in [0, 0.05) is 38.9 Å². The highest BCUT2D eigenvalue weighted by molar-refractivity contribution is 6.33. The molecule has 0 saturated carbocycles. The van der Waals surface area contributed by atoms with Gasteiger partial charge in [-0.2, -0.15) is 22.7 Å². The average Bonchev–Trinajstić information content (AvgIpc) is 3.33. The van der Waals surface area contributed by atoms with E-state index in [2.05, 4.69) is 26.4 Å². The van der Waals surface area contributed by atoms with Crippen LogP contribution < -0.4 is 15.8 Å². The maximum absolute atomic E-state index is 14.2. The molecule has 0 radical (unpaired) electrons. The van der Waals surface area contributed by atoms with Crippen molar-refractivity contribution in [2.75, 3.05) is 36.4 Å². The Hall–Kier alpha value is -4.43. The maximum atomic E-state index is 14.2. The number of hydrogen-bond donors (Lipinski definition) is 2. The van der Waals surface area contributed by atoms with Crippen molar-refractivity contribution in [2.24, 2.45) is 0 Å². The Labute approximate surface area is 279 Å². The molecular formula is C33H36ClF3N8O3. The number of rotatable bonds is 8. The summed E-state index contributed by atoms with van der Waals surface area (Å²) in [5.74, 6) is 0.219. The van der Waals surface area contributed by atoms with Crippen LogP contribution in [0.4, 0.5) is 24.5 Å². The minimum absolute atomic E-state index is 0.0332. The third kappa shape index (κ3) is 7.04. The van der Waals surface area contributed by atoms with Crippen LogP contribution in [0.1, 0.15) is 61.8 Å². The zero-order chi connectivity index (χ0) is 34.0. The molecule has 4 aromatic rings. The van der Waals surface area contributed by atoms with Crippen LogP contribution in [0.5, 0.6) is 5.75 Å². The van der Waals surface area contributed by atoms with Gasteiger partial charge in [0.25, 0.3) is 5.56 Å². The highest BCUT2D eigenvalue weighted by atomic mass is 35.5. The lowest BCUT2D eigenvalue weighted by molar-refractivity contribution is -0.137. The van der Waals surface area contributed by atoms with Crippen LogP contribution in [0.25, 0.3) is 11.4 Å². The predicted molar refractivity (Wildman–Crippen MR) is 176 cm³/mol. The Balaban J connectivity index is 1.34. The molecular weight excluding hydrogens is 649 g/mol. The van der Waals surface area contributed by atoms with Crippen LogP contribution in [0.2, 0.25) is 5.02 Å². The van der Waals surface area contributed by atoms with Gasteiger partial charge in [0.15, 0.2) is 5.82 Å². The average molecular weight is 685 g/mol. The van der Waals surface area contributed by atoms with Gasteiger partial charge < -0.3 is 19.9 Å². The number of aromatic nitrogens is 5. The largest absolute Gasteiger partial charge is 0.506 e. The summed E-state index contributed by atoms with van der Waals surface area (Å²) in [6.45, 7) is 4.26. The van der Waals surface area contributed by atoms with E-state index < -0.39 is 17.6 Å². The Morgan fingerprint density at radius 2 is 1.90 bits per heavy atom. The van der Waals surface area contributed by atoms with Crippen LogP contribution >= 0.6 is 11.6 Å². The number of alkyl halides is 3. The number of pyridine rings is 1. The van der Waals surface area contributed by atoms with E-state index in [0.717, 1.165) is 55.9 Å². The molecule has 2 aliphatic rings. The third-order valence-corrected chi connectivity index (χ3v) is 9.10. The second kappa shape index (κ2) is 14.0. The first kappa shape index (κ1) is 33.5. The van der Waals surface area contributed by atoms with Gasteiger partial charge in [0.05, 0.1) is 27.7 Å². The monoisotopic (exact) mass is 684 g/mol. The molecule has 3 aromatic heterocycles. The molecule has 1 aliphatic carbocycles. The number of piperazine rings is 1. The molecule has 48 heavy (non-hydrogen) atoms. The van der Waals surface area contributed by atoms with E-state index in [1.54, 1.807) is 22.9 Å². The Bertz CT molecular complexity index is 1910. The minimum atomic E-state index is -4.58. The van der Waals surface area contributed by atoms with E-state index in [-0.39, 0.29) is 34.3 Å². The molecule has 254 valence electrons. The van der Waals surface area contributed by atoms with Gasteiger partial charge in [0.1, 0.15) is 18.0 Å². The summed E-state index contributed by atoms with van der Waals surface area (Å²) in [5, 5.41) is 17.2. The van der Waals surface area contributed by atoms with E-state index in [0.29, 0.717) is 62.0 Å². The molecule has 1 saturated heterocycles. The number of allylic oxidation sites excluding steroid dienone is 2. The molecule has 1 amide bonds. The first-order valence-electron chi connectivity index (χ1n) is 16.0. The molecule has 6 rings (SSSR count). The number of nitrogens with zero attached hydrogens (tertiary/aromatic N) is 7. The summed E-state index contributed by atoms with van der Waals surface area (Å²) in [6, 6.07) is 6.01. The number of fused-ring (bicyclic) bond motifs is 1. The van der Waals surface area contributed by atoms with Crippen molar-refractivity contribution in [3.05, 3.63) is 80.8 Å². The van der Waals surface area contributed by atoms with Gasteiger partial charge in [-0.25, -0.2) is 0 Å². The van der Waals surface area contributed by atoms with Crippen LogP contribution in [0.3, 0.4) is 0 Å². The summed E-state index contributed by atoms with van der Waals surface area (Å²) in [4.78, 5) is 40.9. The van der Waals surface area contributed by atoms with Crippen molar-refractivity contribution in [1.82, 2.24) is 29.0 Å². The van der Waals surface area contributed by atoms with Gasteiger partial charge >= 0.3 is 6.18 Å². The van der Waals surface area contributed by atoms with Crippen LogP contribution in [0.15, 0.2) is 47.4 Å². The topological polar surface area (TPSA) is 121 Å². The fraction of sp³-hybridized carbons (Fsp3) is 0.424. The summed E-state index contributed by atoms with van der Waals surface area (Å²) >= 11 is 6.13. The first-order chi connectivity index (χ1) is 23.0. The lowest BCUT2D eigenvalue weighted by Gasteiger charge is -2.36. The number of carbonyl (C=O) groups is 1. The number of halogens is 4. The van der Waals surface area contributed by atoms with Gasteiger partial charge in [-0.15, -0.1) is 5.10 Å². The van der Waals surface area contributed by atoms with Gasteiger partial charge in [-0.1, -0.05) is 31.0 Å². The third-order valence-electron chi connectivity index (χ3n) is 8.79. The number of nitrogens with one attached hydrogen (secondary N) is 1. The van der Waals surface area contributed by atoms with E-state index in [4.69, 9.17) is 16.6 Å². The van der Waals surface area contributed by atoms with E-state index in [1.807, 2.05) is 11.8 Å². The van der Waals surface area contributed by atoms with Crippen LogP contribution in [0, 0.1) is 0 Å².